The molecule has 1 aliphatic heterocycles. The third-order valence-corrected chi connectivity index (χ3v) is 4.99. The second kappa shape index (κ2) is 8.05. The molecule has 0 bridgehead atoms. The number of ether oxygens (including phenoxy) is 1. The van der Waals surface area contributed by atoms with Crippen molar-refractivity contribution in [2.75, 3.05) is 7.11 Å². The van der Waals surface area contributed by atoms with E-state index in [1.54, 1.807) is 13.3 Å². The summed E-state index contributed by atoms with van der Waals surface area (Å²) < 4.78 is 5.40. The molecule has 1 aliphatic rings. The van der Waals surface area contributed by atoms with Gasteiger partial charge >= 0.3 is 0 Å². The number of hydrogen-bond acceptors (Lipinski definition) is 3. The molecular weight excluding hydrogens is 324 g/mol. The first-order chi connectivity index (χ1) is 12.7. The molecule has 134 valence electrons. The molecular formula is C22H24N2O2. The first kappa shape index (κ1) is 18.0. The molecule has 3 rings (SSSR count). The Morgan fingerprint density at radius 3 is 2.88 bits per heavy atom. The highest BCUT2D eigenvalue weighted by Gasteiger charge is 2.38. The Bertz CT molecular complexity index is 811. The predicted molar refractivity (Wildman–Crippen MR) is 102 cm³/mol. The van der Waals surface area contributed by atoms with Crippen molar-refractivity contribution in [3.8, 4) is 18.1 Å². The maximum absolute atomic E-state index is 12.7. The number of carbonyl (C=O) groups is 1. The van der Waals surface area contributed by atoms with Crippen molar-refractivity contribution >= 4 is 5.91 Å². The monoisotopic (exact) mass is 348 g/mol. The van der Waals surface area contributed by atoms with Crippen LogP contribution in [0.15, 0.2) is 42.6 Å². The van der Waals surface area contributed by atoms with Crippen LogP contribution in [0, 0.1) is 12.3 Å². The molecule has 2 aromatic rings. The van der Waals surface area contributed by atoms with Crippen molar-refractivity contribution in [2.45, 2.75) is 44.7 Å². The van der Waals surface area contributed by atoms with Gasteiger partial charge in [0.05, 0.1) is 12.8 Å². The van der Waals surface area contributed by atoms with Gasteiger partial charge in [0.25, 0.3) is 5.91 Å². The van der Waals surface area contributed by atoms with Gasteiger partial charge in [-0.2, -0.15) is 0 Å². The number of methoxy groups -OCH3 is 1. The number of benzene rings is 1. The van der Waals surface area contributed by atoms with Gasteiger partial charge in [0.15, 0.2) is 0 Å². The quantitative estimate of drug-likeness (QED) is 0.773. The van der Waals surface area contributed by atoms with E-state index in [0.29, 0.717) is 0 Å². The molecule has 0 aliphatic carbocycles. The number of aromatic nitrogens is 1. The molecule has 26 heavy (non-hydrogen) atoms. The topological polar surface area (TPSA) is 42.4 Å². The summed E-state index contributed by atoms with van der Waals surface area (Å²) in [7, 11) is 1.67. The van der Waals surface area contributed by atoms with E-state index in [2.05, 4.69) is 23.9 Å². The molecule has 0 saturated carbocycles. The zero-order chi connectivity index (χ0) is 18.5. The average molecular weight is 348 g/mol. The van der Waals surface area contributed by atoms with Gasteiger partial charge in [-0.3, -0.25) is 9.78 Å². The number of nitrogens with zero attached hydrogens (tertiary/aromatic N) is 2. The summed E-state index contributed by atoms with van der Waals surface area (Å²) in [4.78, 5) is 19.1. The molecule has 1 amide bonds. The zero-order valence-electron chi connectivity index (χ0n) is 15.3. The minimum Gasteiger partial charge on any atom is -0.497 e. The fourth-order valence-electron chi connectivity index (χ4n) is 3.74. The van der Waals surface area contributed by atoms with Crippen LogP contribution >= 0.6 is 0 Å². The highest BCUT2D eigenvalue weighted by molar-refractivity contribution is 5.94. The molecule has 0 spiro atoms. The van der Waals surface area contributed by atoms with Crippen LogP contribution in [-0.2, 0) is 11.2 Å². The van der Waals surface area contributed by atoms with Crippen molar-refractivity contribution in [2.24, 2.45) is 0 Å². The van der Waals surface area contributed by atoms with Crippen LogP contribution < -0.4 is 4.74 Å². The normalized spacial score (nSPS) is 18.7. The van der Waals surface area contributed by atoms with E-state index in [1.807, 2.05) is 35.2 Å². The number of unbranched alkanes of at least 4 members (excludes halogenated alkanes) is 1. The number of rotatable bonds is 5. The van der Waals surface area contributed by atoms with Gasteiger partial charge in [0, 0.05) is 12.2 Å². The van der Waals surface area contributed by atoms with Gasteiger partial charge in [0.2, 0.25) is 0 Å². The first-order valence-electron chi connectivity index (χ1n) is 9.06. The van der Waals surface area contributed by atoms with Crippen LogP contribution in [0.25, 0.3) is 0 Å². The number of carbonyl (C=O) groups excluding carboxylic acids is 1. The Morgan fingerprint density at radius 1 is 1.38 bits per heavy atom. The Morgan fingerprint density at radius 2 is 2.23 bits per heavy atom. The molecule has 0 N–H and O–H groups in total. The molecule has 0 fully saturated rings. The molecule has 0 unspecified atom stereocenters. The number of terminal acetylenes is 1. The zero-order valence-corrected chi connectivity index (χ0v) is 15.3. The van der Waals surface area contributed by atoms with Crippen LogP contribution in [0.5, 0.6) is 5.75 Å². The Labute approximate surface area is 155 Å². The number of pyridine rings is 1. The summed E-state index contributed by atoms with van der Waals surface area (Å²) in [6.07, 6.45) is 11.1. The molecule has 0 saturated heterocycles. The number of hydrogen-bond donors (Lipinski definition) is 0. The second-order valence-electron chi connectivity index (χ2n) is 6.58. The maximum atomic E-state index is 12.7. The van der Waals surface area contributed by atoms with Gasteiger partial charge < -0.3 is 9.64 Å². The fraction of sp³-hybridized carbons (Fsp3) is 0.364. The summed E-state index contributed by atoms with van der Waals surface area (Å²) in [6.45, 7) is 2.16. The Kier molecular flexibility index (Phi) is 5.58. The SMILES string of the molecule is C#CC(=O)N1[C@@H](CCCC)Cc2cc(OC)ccc2[C@@H]1c1ccccn1. The van der Waals surface area contributed by atoms with E-state index in [-0.39, 0.29) is 18.0 Å². The third-order valence-electron chi connectivity index (χ3n) is 4.99. The number of amides is 1. The summed E-state index contributed by atoms with van der Waals surface area (Å²) in [5, 5.41) is 0. The lowest BCUT2D eigenvalue weighted by Crippen LogP contribution is -2.47. The van der Waals surface area contributed by atoms with Crippen LogP contribution in [0.2, 0.25) is 0 Å². The largest absolute Gasteiger partial charge is 0.497 e. The summed E-state index contributed by atoms with van der Waals surface area (Å²) in [5.74, 6) is 2.88. The van der Waals surface area contributed by atoms with Crippen molar-refractivity contribution in [1.29, 1.82) is 0 Å². The van der Waals surface area contributed by atoms with Gasteiger partial charge in [-0.05, 0) is 54.2 Å². The van der Waals surface area contributed by atoms with Crippen molar-refractivity contribution in [1.82, 2.24) is 9.88 Å². The molecule has 4 nitrogen and oxygen atoms in total. The minimum atomic E-state index is -0.275. The van der Waals surface area contributed by atoms with Gasteiger partial charge in [-0.25, -0.2) is 0 Å². The third kappa shape index (κ3) is 3.43. The Balaban J connectivity index is 2.14. The lowest BCUT2D eigenvalue weighted by Gasteiger charge is -2.42. The lowest BCUT2D eigenvalue weighted by molar-refractivity contribution is -0.130. The van der Waals surface area contributed by atoms with Gasteiger partial charge in [-0.15, -0.1) is 6.42 Å². The Hall–Kier alpha value is -2.80. The first-order valence-corrected chi connectivity index (χ1v) is 9.06. The maximum Gasteiger partial charge on any atom is 0.299 e. The average Bonchev–Trinajstić information content (AvgIpc) is 2.70. The van der Waals surface area contributed by atoms with E-state index in [0.717, 1.165) is 42.7 Å². The molecule has 2 heterocycles. The summed E-state index contributed by atoms with van der Waals surface area (Å²) >= 11 is 0. The van der Waals surface area contributed by atoms with Crippen LogP contribution in [0.1, 0.15) is 49.0 Å². The lowest BCUT2D eigenvalue weighted by atomic mass is 9.84. The predicted octanol–water partition coefficient (Wildman–Crippen LogP) is 3.76. The minimum absolute atomic E-state index is 0.0603. The fourth-order valence-corrected chi connectivity index (χ4v) is 3.74. The summed E-state index contributed by atoms with van der Waals surface area (Å²) in [5.41, 5.74) is 3.10. The van der Waals surface area contributed by atoms with Gasteiger partial charge in [-0.1, -0.05) is 31.9 Å². The summed E-state index contributed by atoms with van der Waals surface area (Å²) in [6, 6.07) is 11.6. The molecule has 4 heteroatoms. The van der Waals surface area contributed by atoms with Crippen molar-refractivity contribution in [3.05, 3.63) is 59.4 Å². The van der Waals surface area contributed by atoms with Crippen LogP contribution in [0.4, 0.5) is 0 Å². The smallest absolute Gasteiger partial charge is 0.299 e. The van der Waals surface area contributed by atoms with Crippen molar-refractivity contribution < 1.29 is 9.53 Å². The van der Waals surface area contributed by atoms with E-state index < -0.39 is 0 Å². The molecule has 1 aromatic heterocycles. The van der Waals surface area contributed by atoms with E-state index in [1.165, 1.54) is 5.56 Å². The van der Waals surface area contributed by atoms with E-state index in [9.17, 15) is 4.79 Å². The standard InChI is InChI=1S/C22H24N2O2/c1-4-6-9-17-14-16-15-18(26-3)11-12-19(16)22(24(17)21(25)5-2)20-10-7-8-13-23-20/h2,7-8,10-13,15,17,22H,4,6,9,14H2,1,3H3/t17-,22+/m0/s1. The van der Waals surface area contributed by atoms with Crippen molar-refractivity contribution in [3.63, 3.8) is 0 Å². The van der Waals surface area contributed by atoms with E-state index in [4.69, 9.17) is 11.2 Å². The van der Waals surface area contributed by atoms with E-state index >= 15 is 0 Å². The highest BCUT2D eigenvalue weighted by atomic mass is 16.5. The number of fused-ring (bicyclic) bond motifs is 1. The highest BCUT2D eigenvalue weighted by Crippen LogP contribution is 2.39. The second-order valence-corrected chi connectivity index (χ2v) is 6.58. The molecule has 2 atom stereocenters. The van der Waals surface area contributed by atoms with Crippen LogP contribution in [0.3, 0.4) is 0 Å². The molecule has 1 aromatic carbocycles. The van der Waals surface area contributed by atoms with Crippen LogP contribution in [-0.4, -0.2) is 28.9 Å². The molecule has 0 radical (unpaired) electrons. The van der Waals surface area contributed by atoms with Gasteiger partial charge in [0.1, 0.15) is 11.8 Å².